The standard InChI is InChI=1S/C6H13NO2S/c1-6(2)5-7(3)10(4,8)9/h1,5H2,2-4H3. The highest BCUT2D eigenvalue weighted by Gasteiger charge is 2.09. The van der Waals surface area contributed by atoms with Crippen LogP contribution in [0, 0.1) is 0 Å². The van der Waals surface area contributed by atoms with E-state index in [2.05, 4.69) is 6.58 Å². The van der Waals surface area contributed by atoms with Gasteiger partial charge in [0.15, 0.2) is 0 Å². The largest absolute Gasteiger partial charge is 0.213 e. The van der Waals surface area contributed by atoms with Crippen molar-refractivity contribution < 1.29 is 8.42 Å². The van der Waals surface area contributed by atoms with E-state index in [0.717, 1.165) is 5.57 Å². The molecule has 0 aromatic rings. The zero-order chi connectivity index (χ0) is 8.36. The van der Waals surface area contributed by atoms with Gasteiger partial charge in [-0.3, -0.25) is 0 Å². The Hall–Kier alpha value is -0.350. The van der Waals surface area contributed by atoms with Crippen LogP contribution in [0.4, 0.5) is 0 Å². The minimum Gasteiger partial charge on any atom is -0.213 e. The lowest BCUT2D eigenvalue weighted by Crippen LogP contribution is -2.26. The first-order valence-electron chi connectivity index (χ1n) is 2.89. The molecule has 0 amide bonds. The molecule has 0 aromatic carbocycles. The molecule has 4 heteroatoms. The molecule has 0 rings (SSSR count). The van der Waals surface area contributed by atoms with Crippen LogP contribution in [0.5, 0.6) is 0 Å². The Morgan fingerprint density at radius 2 is 2.00 bits per heavy atom. The monoisotopic (exact) mass is 163 g/mol. The smallest absolute Gasteiger partial charge is 0.211 e. The van der Waals surface area contributed by atoms with E-state index in [1.165, 1.54) is 17.6 Å². The van der Waals surface area contributed by atoms with Crippen molar-refractivity contribution in [1.82, 2.24) is 4.31 Å². The Morgan fingerprint density at radius 1 is 1.60 bits per heavy atom. The molecular formula is C6H13NO2S. The maximum absolute atomic E-state index is 10.8. The number of hydrogen-bond donors (Lipinski definition) is 0. The van der Waals surface area contributed by atoms with Gasteiger partial charge in [-0.2, -0.15) is 0 Å². The number of hydrogen-bond acceptors (Lipinski definition) is 2. The van der Waals surface area contributed by atoms with E-state index in [1.807, 2.05) is 0 Å². The molecule has 0 saturated carbocycles. The summed E-state index contributed by atoms with van der Waals surface area (Å²) in [5.41, 5.74) is 0.841. The average Bonchev–Trinajstić information content (AvgIpc) is 1.60. The fourth-order valence-corrected chi connectivity index (χ4v) is 0.952. The van der Waals surface area contributed by atoms with Crippen LogP contribution < -0.4 is 0 Å². The van der Waals surface area contributed by atoms with Crippen molar-refractivity contribution in [3.05, 3.63) is 12.2 Å². The topological polar surface area (TPSA) is 37.4 Å². The first kappa shape index (κ1) is 9.65. The Balaban J connectivity index is 4.12. The zero-order valence-electron chi connectivity index (χ0n) is 6.59. The molecule has 3 nitrogen and oxygen atoms in total. The molecule has 0 atom stereocenters. The minimum absolute atomic E-state index is 0.402. The van der Waals surface area contributed by atoms with E-state index in [0.29, 0.717) is 6.54 Å². The van der Waals surface area contributed by atoms with Crippen LogP contribution in [-0.2, 0) is 10.0 Å². The normalized spacial score (nSPS) is 12.0. The first-order chi connectivity index (χ1) is 4.34. The van der Waals surface area contributed by atoms with Crippen LogP contribution in [-0.4, -0.2) is 32.6 Å². The highest BCUT2D eigenvalue weighted by molar-refractivity contribution is 7.88. The van der Waals surface area contributed by atoms with E-state index in [4.69, 9.17) is 0 Å². The van der Waals surface area contributed by atoms with Gasteiger partial charge in [-0.15, -0.1) is 0 Å². The fourth-order valence-electron chi connectivity index (χ4n) is 0.497. The number of likely N-dealkylation sites (N-methyl/N-ethyl adjacent to an activating group) is 1. The summed E-state index contributed by atoms with van der Waals surface area (Å²) in [6.07, 6.45) is 1.18. The molecule has 0 heterocycles. The van der Waals surface area contributed by atoms with Crippen LogP contribution in [0.2, 0.25) is 0 Å². The number of rotatable bonds is 3. The molecule has 0 bridgehead atoms. The molecule has 0 N–H and O–H groups in total. The van der Waals surface area contributed by atoms with Crippen molar-refractivity contribution in [2.24, 2.45) is 0 Å². The fraction of sp³-hybridized carbons (Fsp3) is 0.667. The summed E-state index contributed by atoms with van der Waals surface area (Å²) in [7, 11) is -1.49. The van der Waals surface area contributed by atoms with Crippen LogP contribution in [0.15, 0.2) is 12.2 Å². The van der Waals surface area contributed by atoms with Crippen LogP contribution >= 0.6 is 0 Å². The van der Waals surface area contributed by atoms with Gasteiger partial charge in [-0.25, -0.2) is 12.7 Å². The number of sulfonamides is 1. The molecule has 0 aliphatic carbocycles. The summed E-state index contributed by atoms with van der Waals surface area (Å²) in [5, 5.41) is 0. The van der Waals surface area contributed by atoms with Crippen molar-refractivity contribution in [1.29, 1.82) is 0 Å². The molecular weight excluding hydrogens is 150 g/mol. The maximum atomic E-state index is 10.8. The lowest BCUT2D eigenvalue weighted by atomic mass is 10.4. The molecule has 0 aliphatic rings. The summed E-state index contributed by atoms with van der Waals surface area (Å²) >= 11 is 0. The molecule has 0 spiro atoms. The van der Waals surface area contributed by atoms with E-state index < -0.39 is 10.0 Å². The third-order valence-electron chi connectivity index (χ3n) is 1.06. The van der Waals surface area contributed by atoms with Crippen molar-refractivity contribution in [3.8, 4) is 0 Å². The first-order valence-corrected chi connectivity index (χ1v) is 4.74. The molecule has 0 saturated heterocycles. The van der Waals surface area contributed by atoms with Gasteiger partial charge in [0.05, 0.1) is 6.26 Å². The molecule has 0 radical (unpaired) electrons. The summed E-state index contributed by atoms with van der Waals surface area (Å²) < 4.78 is 22.8. The predicted molar refractivity (Wildman–Crippen MR) is 42.3 cm³/mol. The van der Waals surface area contributed by atoms with E-state index >= 15 is 0 Å². The Bertz CT molecular complexity index is 218. The van der Waals surface area contributed by atoms with Gasteiger partial charge < -0.3 is 0 Å². The molecule has 0 aliphatic heterocycles. The highest BCUT2D eigenvalue weighted by Crippen LogP contribution is 1.97. The average molecular weight is 163 g/mol. The second kappa shape index (κ2) is 3.16. The van der Waals surface area contributed by atoms with Gasteiger partial charge in [0.2, 0.25) is 10.0 Å². The van der Waals surface area contributed by atoms with Crippen LogP contribution in [0.3, 0.4) is 0 Å². The van der Waals surface area contributed by atoms with E-state index in [9.17, 15) is 8.42 Å². The zero-order valence-corrected chi connectivity index (χ0v) is 7.40. The van der Waals surface area contributed by atoms with Gasteiger partial charge in [0.1, 0.15) is 0 Å². The van der Waals surface area contributed by atoms with Gasteiger partial charge >= 0.3 is 0 Å². The van der Waals surface area contributed by atoms with Gasteiger partial charge in [-0.05, 0) is 6.92 Å². The highest BCUT2D eigenvalue weighted by atomic mass is 32.2. The number of nitrogens with zero attached hydrogens (tertiary/aromatic N) is 1. The third kappa shape index (κ3) is 3.63. The van der Waals surface area contributed by atoms with Crippen molar-refractivity contribution in [2.45, 2.75) is 6.92 Å². The Labute approximate surface area is 62.4 Å². The van der Waals surface area contributed by atoms with Gasteiger partial charge in [0.25, 0.3) is 0 Å². The Kier molecular flexibility index (Phi) is 3.05. The van der Waals surface area contributed by atoms with Gasteiger partial charge in [0, 0.05) is 13.6 Å². The molecule has 0 fully saturated rings. The summed E-state index contributed by atoms with van der Waals surface area (Å²) in [5.74, 6) is 0. The van der Waals surface area contributed by atoms with Crippen molar-refractivity contribution in [3.63, 3.8) is 0 Å². The van der Waals surface area contributed by atoms with E-state index in [-0.39, 0.29) is 0 Å². The van der Waals surface area contributed by atoms with Crippen molar-refractivity contribution in [2.75, 3.05) is 19.8 Å². The molecule has 0 aromatic heterocycles. The second-order valence-electron chi connectivity index (χ2n) is 2.48. The van der Waals surface area contributed by atoms with Crippen LogP contribution in [0.1, 0.15) is 6.92 Å². The lowest BCUT2D eigenvalue weighted by Gasteiger charge is -2.12. The van der Waals surface area contributed by atoms with E-state index in [1.54, 1.807) is 6.92 Å². The van der Waals surface area contributed by atoms with Gasteiger partial charge in [-0.1, -0.05) is 12.2 Å². The summed E-state index contributed by atoms with van der Waals surface area (Å²) in [4.78, 5) is 0. The summed E-state index contributed by atoms with van der Waals surface area (Å²) in [6, 6.07) is 0. The van der Waals surface area contributed by atoms with Crippen LogP contribution in [0.25, 0.3) is 0 Å². The quantitative estimate of drug-likeness (QED) is 0.567. The van der Waals surface area contributed by atoms with Crippen molar-refractivity contribution >= 4 is 10.0 Å². The molecule has 60 valence electrons. The Morgan fingerprint density at radius 3 is 2.10 bits per heavy atom. The second-order valence-corrected chi connectivity index (χ2v) is 4.57. The minimum atomic E-state index is -3.03. The molecule has 10 heavy (non-hydrogen) atoms. The summed E-state index contributed by atoms with van der Waals surface area (Å²) in [6.45, 7) is 5.80. The maximum Gasteiger partial charge on any atom is 0.211 e. The molecule has 0 unspecified atom stereocenters. The SMILES string of the molecule is C=C(C)CN(C)S(C)(=O)=O. The third-order valence-corrected chi connectivity index (χ3v) is 2.32. The predicted octanol–water partition coefficient (Wildman–Crippen LogP) is 0.454. The lowest BCUT2D eigenvalue weighted by molar-refractivity contribution is 0.499.